The highest BCUT2D eigenvalue weighted by atomic mass is 16.7. The summed E-state index contributed by atoms with van der Waals surface area (Å²) in [6.07, 6.45) is 5.67. The van der Waals surface area contributed by atoms with E-state index in [2.05, 4.69) is 12.2 Å². The number of ether oxygens (including phenoxy) is 2. The van der Waals surface area contributed by atoms with Gasteiger partial charge in [0.05, 0.1) is 26.3 Å². The molecule has 0 aromatic rings. The Morgan fingerprint density at radius 1 is 1.15 bits per heavy atom. The standard InChI is InChI=1S/C15H26N2O3/c1-14(5-3-2-4-6-14)13(18)17-8-10-20-15(12-17)11-16-7-9-19-15/h16H,2-12H2,1H3. The summed E-state index contributed by atoms with van der Waals surface area (Å²) in [5.41, 5.74) is -0.168. The van der Waals surface area contributed by atoms with Gasteiger partial charge < -0.3 is 19.7 Å². The first-order valence-corrected chi connectivity index (χ1v) is 7.92. The quantitative estimate of drug-likeness (QED) is 0.783. The second kappa shape index (κ2) is 5.62. The smallest absolute Gasteiger partial charge is 0.228 e. The van der Waals surface area contributed by atoms with Gasteiger partial charge in [-0.05, 0) is 12.8 Å². The zero-order valence-electron chi connectivity index (χ0n) is 12.5. The van der Waals surface area contributed by atoms with Crippen LogP contribution < -0.4 is 5.32 Å². The van der Waals surface area contributed by atoms with E-state index in [0.29, 0.717) is 38.8 Å². The fourth-order valence-electron chi connectivity index (χ4n) is 3.69. The summed E-state index contributed by atoms with van der Waals surface area (Å²) in [5, 5.41) is 3.31. The van der Waals surface area contributed by atoms with E-state index in [1.54, 1.807) is 0 Å². The van der Waals surface area contributed by atoms with Crippen LogP contribution in [0.15, 0.2) is 0 Å². The van der Waals surface area contributed by atoms with E-state index >= 15 is 0 Å². The summed E-state index contributed by atoms with van der Waals surface area (Å²) in [6.45, 7) is 6.15. The molecule has 2 aliphatic heterocycles. The highest BCUT2D eigenvalue weighted by Gasteiger charge is 2.45. The van der Waals surface area contributed by atoms with Gasteiger partial charge in [0.1, 0.15) is 0 Å². The normalized spacial score (nSPS) is 34.1. The Morgan fingerprint density at radius 2 is 1.90 bits per heavy atom. The lowest BCUT2D eigenvalue weighted by atomic mass is 9.74. The van der Waals surface area contributed by atoms with Gasteiger partial charge in [-0.1, -0.05) is 26.2 Å². The van der Waals surface area contributed by atoms with Crippen LogP contribution in [0.25, 0.3) is 0 Å². The van der Waals surface area contributed by atoms with Gasteiger partial charge in [-0.3, -0.25) is 4.79 Å². The molecule has 0 bridgehead atoms. The average Bonchev–Trinajstić information content (AvgIpc) is 2.48. The largest absolute Gasteiger partial charge is 0.346 e. The molecule has 1 saturated carbocycles. The molecule has 1 spiro atoms. The molecule has 0 aromatic carbocycles. The van der Waals surface area contributed by atoms with Gasteiger partial charge in [0, 0.05) is 18.5 Å². The van der Waals surface area contributed by atoms with Crippen molar-refractivity contribution in [1.82, 2.24) is 10.2 Å². The molecule has 5 nitrogen and oxygen atoms in total. The number of amides is 1. The maximum Gasteiger partial charge on any atom is 0.228 e. The lowest BCUT2D eigenvalue weighted by Gasteiger charge is -2.47. The molecule has 3 rings (SSSR count). The molecular formula is C15H26N2O3. The van der Waals surface area contributed by atoms with E-state index in [-0.39, 0.29) is 5.41 Å². The molecule has 3 fully saturated rings. The van der Waals surface area contributed by atoms with Crippen LogP contribution in [-0.2, 0) is 14.3 Å². The van der Waals surface area contributed by atoms with Crippen molar-refractivity contribution in [2.24, 2.45) is 5.41 Å². The molecule has 2 heterocycles. The summed E-state index contributed by atoms with van der Waals surface area (Å²) in [7, 11) is 0. The number of carbonyl (C=O) groups is 1. The Kier molecular flexibility index (Phi) is 4.02. The molecule has 1 unspecified atom stereocenters. The van der Waals surface area contributed by atoms with Crippen LogP contribution in [-0.4, -0.2) is 56.0 Å². The maximum atomic E-state index is 12.9. The zero-order valence-corrected chi connectivity index (χ0v) is 12.5. The van der Waals surface area contributed by atoms with Crippen LogP contribution in [0.5, 0.6) is 0 Å². The van der Waals surface area contributed by atoms with Crippen LogP contribution >= 0.6 is 0 Å². The van der Waals surface area contributed by atoms with Gasteiger partial charge in [-0.2, -0.15) is 0 Å². The van der Waals surface area contributed by atoms with Crippen molar-refractivity contribution in [2.75, 3.05) is 39.4 Å². The van der Waals surface area contributed by atoms with Crippen LogP contribution in [0.3, 0.4) is 0 Å². The second-order valence-electron chi connectivity index (χ2n) is 6.63. The second-order valence-corrected chi connectivity index (χ2v) is 6.63. The van der Waals surface area contributed by atoms with E-state index in [1.807, 2.05) is 4.90 Å². The lowest BCUT2D eigenvalue weighted by molar-refractivity contribution is -0.272. The molecule has 0 radical (unpaired) electrons. The summed E-state index contributed by atoms with van der Waals surface area (Å²) in [5.74, 6) is -0.314. The summed E-state index contributed by atoms with van der Waals surface area (Å²) >= 11 is 0. The van der Waals surface area contributed by atoms with Gasteiger partial charge in [-0.15, -0.1) is 0 Å². The first-order chi connectivity index (χ1) is 9.64. The topological polar surface area (TPSA) is 50.8 Å². The molecule has 3 aliphatic rings. The number of hydrogen-bond donors (Lipinski definition) is 1. The molecular weight excluding hydrogens is 256 g/mol. The van der Waals surface area contributed by atoms with Crippen molar-refractivity contribution < 1.29 is 14.3 Å². The minimum absolute atomic E-state index is 0.168. The zero-order chi connectivity index (χ0) is 14.1. The Hall–Kier alpha value is -0.650. The van der Waals surface area contributed by atoms with Crippen LogP contribution in [0.2, 0.25) is 0 Å². The Morgan fingerprint density at radius 3 is 2.60 bits per heavy atom. The molecule has 2 saturated heterocycles. The van der Waals surface area contributed by atoms with Crippen molar-refractivity contribution in [3.8, 4) is 0 Å². The number of hydrogen-bond acceptors (Lipinski definition) is 4. The number of morpholine rings is 2. The average molecular weight is 282 g/mol. The van der Waals surface area contributed by atoms with E-state index < -0.39 is 5.79 Å². The first kappa shape index (κ1) is 14.3. The number of rotatable bonds is 1. The van der Waals surface area contributed by atoms with Gasteiger partial charge >= 0.3 is 0 Å². The van der Waals surface area contributed by atoms with Crippen molar-refractivity contribution in [3.05, 3.63) is 0 Å². The molecule has 114 valence electrons. The third-order valence-electron chi connectivity index (χ3n) is 4.96. The SMILES string of the molecule is CC1(C(=O)N2CCOC3(CNCCO3)C2)CCCCC1. The molecule has 1 amide bonds. The molecule has 1 aliphatic carbocycles. The first-order valence-electron chi connectivity index (χ1n) is 7.92. The lowest BCUT2D eigenvalue weighted by Crippen LogP contribution is -2.63. The van der Waals surface area contributed by atoms with E-state index in [1.165, 1.54) is 19.3 Å². The van der Waals surface area contributed by atoms with E-state index in [9.17, 15) is 4.79 Å². The summed E-state index contributed by atoms with van der Waals surface area (Å²) < 4.78 is 11.7. The Labute approximate surface area is 121 Å². The van der Waals surface area contributed by atoms with Crippen LogP contribution in [0.1, 0.15) is 39.0 Å². The van der Waals surface area contributed by atoms with Gasteiger partial charge in [0.15, 0.2) is 5.79 Å². The monoisotopic (exact) mass is 282 g/mol. The molecule has 20 heavy (non-hydrogen) atoms. The number of nitrogens with zero attached hydrogens (tertiary/aromatic N) is 1. The molecule has 1 atom stereocenters. The molecule has 0 aromatic heterocycles. The van der Waals surface area contributed by atoms with Crippen molar-refractivity contribution in [1.29, 1.82) is 0 Å². The minimum Gasteiger partial charge on any atom is -0.346 e. The highest BCUT2D eigenvalue weighted by Crippen LogP contribution is 2.38. The van der Waals surface area contributed by atoms with Crippen LogP contribution in [0, 0.1) is 5.41 Å². The van der Waals surface area contributed by atoms with Crippen molar-refractivity contribution in [2.45, 2.75) is 44.8 Å². The summed E-state index contributed by atoms with van der Waals surface area (Å²) in [4.78, 5) is 14.9. The Balaban J connectivity index is 1.68. The van der Waals surface area contributed by atoms with Gasteiger partial charge in [0.2, 0.25) is 5.91 Å². The Bertz CT molecular complexity index is 355. The van der Waals surface area contributed by atoms with Crippen LogP contribution in [0.4, 0.5) is 0 Å². The molecule has 1 N–H and O–H groups in total. The van der Waals surface area contributed by atoms with Crippen molar-refractivity contribution in [3.63, 3.8) is 0 Å². The predicted octanol–water partition coefficient (Wildman–Crippen LogP) is 1.13. The maximum absolute atomic E-state index is 12.9. The third kappa shape index (κ3) is 2.71. The highest BCUT2D eigenvalue weighted by molar-refractivity contribution is 5.82. The predicted molar refractivity (Wildman–Crippen MR) is 75.3 cm³/mol. The number of carbonyl (C=O) groups excluding carboxylic acids is 1. The van der Waals surface area contributed by atoms with E-state index in [4.69, 9.17) is 9.47 Å². The minimum atomic E-state index is -0.614. The number of nitrogens with one attached hydrogen (secondary N) is 1. The fourth-order valence-corrected chi connectivity index (χ4v) is 3.69. The fraction of sp³-hybridized carbons (Fsp3) is 0.933. The van der Waals surface area contributed by atoms with E-state index in [0.717, 1.165) is 19.4 Å². The van der Waals surface area contributed by atoms with Gasteiger partial charge in [0.25, 0.3) is 0 Å². The third-order valence-corrected chi connectivity index (χ3v) is 4.96. The summed E-state index contributed by atoms with van der Waals surface area (Å²) in [6, 6.07) is 0. The van der Waals surface area contributed by atoms with Crippen molar-refractivity contribution >= 4 is 5.91 Å². The molecule has 5 heteroatoms. The van der Waals surface area contributed by atoms with Gasteiger partial charge in [-0.25, -0.2) is 0 Å².